The molecule has 0 aliphatic heterocycles. The fourth-order valence-corrected chi connectivity index (χ4v) is 1.07. The van der Waals surface area contributed by atoms with Crippen LogP contribution in [0.5, 0.6) is 5.75 Å². The van der Waals surface area contributed by atoms with E-state index in [2.05, 4.69) is 14.8 Å². The van der Waals surface area contributed by atoms with Crippen molar-refractivity contribution in [2.45, 2.75) is 13.5 Å². The van der Waals surface area contributed by atoms with Gasteiger partial charge in [-0.15, -0.1) is 0 Å². The standard InChI is InChI=1S/C10H11F2NO3/c1-6-3-4-7(13-10(14)15-2)5-8(6)16-9(11)12/h3-5,9H,1-2H3,(H,13,14). The van der Waals surface area contributed by atoms with E-state index in [-0.39, 0.29) is 5.75 Å². The number of alkyl halides is 2. The smallest absolute Gasteiger partial charge is 0.411 e. The van der Waals surface area contributed by atoms with Crippen LogP contribution in [0.2, 0.25) is 0 Å². The van der Waals surface area contributed by atoms with E-state index in [0.29, 0.717) is 11.3 Å². The van der Waals surface area contributed by atoms with Gasteiger partial charge in [0.15, 0.2) is 0 Å². The van der Waals surface area contributed by atoms with E-state index in [1.54, 1.807) is 19.1 Å². The quantitative estimate of drug-likeness (QED) is 0.870. The van der Waals surface area contributed by atoms with E-state index < -0.39 is 12.7 Å². The number of aryl methyl sites for hydroxylation is 1. The maximum atomic E-state index is 12.0. The number of hydrogen-bond donors (Lipinski definition) is 1. The first-order valence-corrected chi connectivity index (χ1v) is 4.43. The highest BCUT2D eigenvalue weighted by Crippen LogP contribution is 2.24. The Kier molecular flexibility index (Phi) is 4.04. The summed E-state index contributed by atoms with van der Waals surface area (Å²) in [5.74, 6) is 0.0175. The molecule has 0 saturated heterocycles. The fourth-order valence-electron chi connectivity index (χ4n) is 1.07. The van der Waals surface area contributed by atoms with Gasteiger partial charge >= 0.3 is 12.7 Å². The highest BCUT2D eigenvalue weighted by molar-refractivity contribution is 5.84. The van der Waals surface area contributed by atoms with Crippen LogP contribution in [0.1, 0.15) is 5.56 Å². The minimum absolute atomic E-state index is 0.0175. The second-order valence-corrected chi connectivity index (χ2v) is 2.98. The van der Waals surface area contributed by atoms with Crippen molar-refractivity contribution in [2.24, 2.45) is 0 Å². The van der Waals surface area contributed by atoms with Gasteiger partial charge in [0, 0.05) is 11.8 Å². The van der Waals surface area contributed by atoms with Gasteiger partial charge in [0.05, 0.1) is 7.11 Å². The number of halogens is 2. The van der Waals surface area contributed by atoms with E-state index in [1.807, 2.05) is 0 Å². The molecule has 1 N–H and O–H groups in total. The zero-order chi connectivity index (χ0) is 12.1. The molecule has 6 heteroatoms. The Balaban J connectivity index is 2.84. The molecule has 4 nitrogen and oxygen atoms in total. The minimum atomic E-state index is -2.90. The van der Waals surface area contributed by atoms with Gasteiger partial charge < -0.3 is 9.47 Å². The number of rotatable bonds is 3. The Morgan fingerprint density at radius 2 is 2.12 bits per heavy atom. The minimum Gasteiger partial charge on any atom is -0.453 e. The molecule has 88 valence electrons. The second-order valence-electron chi connectivity index (χ2n) is 2.98. The first kappa shape index (κ1) is 12.2. The van der Waals surface area contributed by atoms with E-state index in [0.717, 1.165) is 0 Å². The topological polar surface area (TPSA) is 47.6 Å². The molecule has 0 radical (unpaired) electrons. The molecule has 0 fully saturated rings. The monoisotopic (exact) mass is 231 g/mol. The Morgan fingerprint density at radius 3 is 2.69 bits per heavy atom. The fraction of sp³-hybridized carbons (Fsp3) is 0.300. The van der Waals surface area contributed by atoms with Crippen molar-refractivity contribution in [3.63, 3.8) is 0 Å². The maximum Gasteiger partial charge on any atom is 0.411 e. The molecule has 0 bridgehead atoms. The average molecular weight is 231 g/mol. The van der Waals surface area contributed by atoms with Crippen LogP contribution < -0.4 is 10.1 Å². The number of hydrogen-bond acceptors (Lipinski definition) is 3. The third-order valence-corrected chi connectivity index (χ3v) is 1.84. The first-order valence-electron chi connectivity index (χ1n) is 4.43. The van der Waals surface area contributed by atoms with Gasteiger partial charge in [0.25, 0.3) is 0 Å². The van der Waals surface area contributed by atoms with Gasteiger partial charge in [-0.2, -0.15) is 8.78 Å². The van der Waals surface area contributed by atoms with Gasteiger partial charge in [-0.25, -0.2) is 4.79 Å². The van der Waals surface area contributed by atoms with Crippen LogP contribution in [0.3, 0.4) is 0 Å². The van der Waals surface area contributed by atoms with Crippen LogP contribution in [0.4, 0.5) is 19.3 Å². The highest BCUT2D eigenvalue weighted by atomic mass is 19.3. The lowest BCUT2D eigenvalue weighted by Gasteiger charge is -2.10. The number of carbonyl (C=O) groups is 1. The summed E-state index contributed by atoms with van der Waals surface area (Å²) >= 11 is 0. The molecular formula is C10H11F2NO3. The average Bonchev–Trinajstić information content (AvgIpc) is 2.22. The van der Waals surface area contributed by atoms with E-state index in [9.17, 15) is 13.6 Å². The van der Waals surface area contributed by atoms with Crippen molar-refractivity contribution in [3.05, 3.63) is 23.8 Å². The van der Waals surface area contributed by atoms with E-state index >= 15 is 0 Å². The molecule has 1 rings (SSSR count). The molecule has 0 aliphatic carbocycles. The number of amides is 1. The summed E-state index contributed by atoms with van der Waals surface area (Å²) in [5, 5.41) is 2.35. The Morgan fingerprint density at radius 1 is 1.44 bits per heavy atom. The molecule has 1 aromatic rings. The zero-order valence-electron chi connectivity index (χ0n) is 8.79. The Labute approximate surface area is 91.2 Å². The predicted octanol–water partition coefficient (Wildman–Crippen LogP) is 2.77. The van der Waals surface area contributed by atoms with Crippen molar-refractivity contribution in [2.75, 3.05) is 12.4 Å². The summed E-state index contributed by atoms with van der Waals surface area (Å²) in [6.07, 6.45) is -0.674. The summed E-state index contributed by atoms with van der Waals surface area (Å²) in [6, 6.07) is 4.42. The van der Waals surface area contributed by atoms with Crippen molar-refractivity contribution in [1.82, 2.24) is 0 Å². The summed E-state index contributed by atoms with van der Waals surface area (Å²) in [5.41, 5.74) is 0.879. The molecule has 0 aliphatic rings. The van der Waals surface area contributed by atoms with Gasteiger partial charge in [0.1, 0.15) is 5.75 Å². The molecule has 0 atom stereocenters. The van der Waals surface area contributed by atoms with Gasteiger partial charge in [0.2, 0.25) is 0 Å². The van der Waals surface area contributed by atoms with Crippen molar-refractivity contribution < 1.29 is 23.0 Å². The lowest BCUT2D eigenvalue weighted by molar-refractivity contribution is -0.0502. The number of ether oxygens (including phenoxy) is 2. The molecule has 0 heterocycles. The highest BCUT2D eigenvalue weighted by Gasteiger charge is 2.09. The third kappa shape index (κ3) is 3.38. The molecule has 16 heavy (non-hydrogen) atoms. The van der Waals surface area contributed by atoms with E-state index in [1.165, 1.54) is 13.2 Å². The molecule has 0 aromatic heterocycles. The summed E-state index contributed by atoms with van der Waals surface area (Å²) in [4.78, 5) is 10.9. The van der Waals surface area contributed by atoms with Gasteiger partial charge in [-0.3, -0.25) is 5.32 Å². The SMILES string of the molecule is COC(=O)Nc1ccc(C)c(OC(F)F)c1. The lowest BCUT2D eigenvalue weighted by Crippen LogP contribution is -2.11. The first-order chi connectivity index (χ1) is 7.52. The van der Waals surface area contributed by atoms with E-state index in [4.69, 9.17) is 0 Å². The number of methoxy groups -OCH3 is 1. The van der Waals surface area contributed by atoms with Crippen molar-refractivity contribution in [3.8, 4) is 5.75 Å². The number of anilines is 1. The molecule has 1 aromatic carbocycles. The number of nitrogens with one attached hydrogen (secondary N) is 1. The summed E-state index contributed by atoms with van der Waals surface area (Å²) in [6.45, 7) is -1.27. The van der Waals surface area contributed by atoms with Crippen LogP contribution in [-0.2, 0) is 4.74 Å². The molecular weight excluding hydrogens is 220 g/mol. The summed E-state index contributed by atoms with van der Waals surface area (Å²) < 4.78 is 32.7. The van der Waals surface area contributed by atoms with Crippen LogP contribution >= 0.6 is 0 Å². The van der Waals surface area contributed by atoms with Gasteiger partial charge in [-0.05, 0) is 18.6 Å². The van der Waals surface area contributed by atoms with Crippen LogP contribution in [-0.4, -0.2) is 19.8 Å². The second kappa shape index (κ2) is 5.29. The molecule has 0 unspecified atom stereocenters. The van der Waals surface area contributed by atoms with Crippen molar-refractivity contribution >= 4 is 11.8 Å². The van der Waals surface area contributed by atoms with Crippen LogP contribution in [0, 0.1) is 6.92 Å². The maximum absolute atomic E-state index is 12.0. The molecule has 0 spiro atoms. The Hall–Kier alpha value is -1.85. The molecule has 1 amide bonds. The molecule has 0 saturated carbocycles. The Bertz CT molecular complexity index is 382. The largest absolute Gasteiger partial charge is 0.453 e. The number of carbonyl (C=O) groups excluding carboxylic acids is 1. The van der Waals surface area contributed by atoms with Crippen LogP contribution in [0.15, 0.2) is 18.2 Å². The summed E-state index contributed by atoms with van der Waals surface area (Å²) in [7, 11) is 1.21. The van der Waals surface area contributed by atoms with Gasteiger partial charge in [-0.1, -0.05) is 6.07 Å². The number of benzene rings is 1. The predicted molar refractivity (Wildman–Crippen MR) is 53.8 cm³/mol. The normalized spacial score (nSPS) is 10.1. The zero-order valence-corrected chi connectivity index (χ0v) is 8.79. The van der Waals surface area contributed by atoms with Crippen LogP contribution in [0.25, 0.3) is 0 Å². The van der Waals surface area contributed by atoms with Crippen molar-refractivity contribution in [1.29, 1.82) is 0 Å². The third-order valence-electron chi connectivity index (χ3n) is 1.84. The lowest BCUT2D eigenvalue weighted by atomic mass is 10.2.